The number of amides is 1. The van der Waals surface area contributed by atoms with Gasteiger partial charge in [0.1, 0.15) is 11.6 Å². The van der Waals surface area contributed by atoms with Crippen molar-refractivity contribution in [3.05, 3.63) is 41.0 Å². The number of nitrogens with zero attached hydrogens (tertiary/aromatic N) is 6. The van der Waals surface area contributed by atoms with Gasteiger partial charge in [0.25, 0.3) is 5.91 Å². The minimum Gasteiger partial charge on any atom is -0.360 e. The molecule has 1 aliphatic heterocycles. The number of carbonyl (C=O) groups excluding carboxylic acids is 1. The number of hydrogen-bond donors (Lipinski definition) is 0. The molecule has 4 rings (SSSR count). The molecule has 0 aromatic carbocycles. The summed E-state index contributed by atoms with van der Waals surface area (Å²) in [4.78, 5) is 20.7. The van der Waals surface area contributed by atoms with Crippen LogP contribution in [-0.4, -0.2) is 51.2 Å². The van der Waals surface area contributed by atoms with Gasteiger partial charge >= 0.3 is 0 Å². The molecule has 4 heterocycles. The summed E-state index contributed by atoms with van der Waals surface area (Å²) in [6.07, 6.45) is 3.31. The fraction of sp³-hybridized carbons (Fsp3) is 0.412. The number of anilines is 1. The van der Waals surface area contributed by atoms with E-state index in [1.54, 1.807) is 20.3 Å². The first-order chi connectivity index (χ1) is 12.1. The third-order valence-electron chi connectivity index (χ3n) is 4.52. The molecule has 25 heavy (non-hydrogen) atoms. The van der Waals surface area contributed by atoms with E-state index in [2.05, 4.69) is 33.1 Å². The molecule has 1 aliphatic rings. The van der Waals surface area contributed by atoms with Crippen molar-refractivity contribution in [3.8, 4) is 0 Å². The maximum atomic E-state index is 12.3. The predicted octanol–water partition coefficient (Wildman–Crippen LogP) is 1.54. The number of hydrogen-bond acceptors (Lipinski definition) is 6. The van der Waals surface area contributed by atoms with Crippen LogP contribution >= 0.6 is 0 Å². The zero-order valence-electron chi connectivity index (χ0n) is 14.6. The van der Waals surface area contributed by atoms with Gasteiger partial charge in [0.2, 0.25) is 0 Å². The molecule has 0 radical (unpaired) electrons. The zero-order chi connectivity index (χ0) is 17.6. The van der Waals surface area contributed by atoms with Crippen LogP contribution in [0.15, 0.2) is 22.9 Å². The molecule has 0 saturated heterocycles. The predicted molar refractivity (Wildman–Crippen MR) is 91.6 cm³/mol. The summed E-state index contributed by atoms with van der Waals surface area (Å²) in [7, 11) is 3.43. The summed E-state index contributed by atoms with van der Waals surface area (Å²) in [5.41, 5.74) is 3.10. The Morgan fingerprint density at radius 3 is 3.00 bits per heavy atom. The lowest BCUT2D eigenvalue weighted by Crippen LogP contribution is -2.33. The van der Waals surface area contributed by atoms with E-state index in [1.165, 1.54) is 4.90 Å². The van der Waals surface area contributed by atoms with Gasteiger partial charge in [0.15, 0.2) is 11.3 Å². The number of aryl methyl sites for hydroxylation is 1. The third-order valence-corrected chi connectivity index (χ3v) is 4.52. The minimum absolute atomic E-state index is 0.139. The lowest BCUT2D eigenvalue weighted by Gasteiger charge is -2.28. The van der Waals surface area contributed by atoms with Crippen LogP contribution in [0.4, 0.5) is 5.82 Å². The molecule has 8 nitrogen and oxygen atoms in total. The van der Waals surface area contributed by atoms with Gasteiger partial charge in [-0.25, -0.2) is 4.98 Å². The number of carbonyl (C=O) groups is 1. The van der Waals surface area contributed by atoms with E-state index < -0.39 is 0 Å². The number of fused-ring (bicyclic) bond motifs is 2. The first-order valence-corrected chi connectivity index (χ1v) is 8.36. The highest BCUT2D eigenvalue weighted by Crippen LogP contribution is 2.28. The SMILES string of the molecule is CCc1cc(N2CCc3onc(C(=O)N(C)C)c3C2)n2nccc2n1. The van der Waals surface area contributed by atoms with Crippen molar-refractivity contribution in [2.45, 2.75) is 26.3 Å². The maximum Gasteiger partial charge on any atom is 0.275 e. The second kappa shape index (κ2) is 5.87. The van der Waals surface area contributed by atoms with Gasteiger partial charge in [-0.3, -0.25) is 4.79 Å². The number of rotatable bonds is 3. The molecule has 3 aromatic heterocycles. The van der Waals surface area contributed by atoms with Crippen LogP contribution in [0.5, 0.6) is 0 Å². The maximum absolute atomic E-state index is 12.3. The van der Waals surface area contributed by atoms with E-state index in [-0.39, 0.29) is 5.91 Å². The monoisotopic (exact) mass is 340 g/mol. The molecule has 130 valence electrons. The quantitative estimate of drug-likeness (QED) is 0.720. The topological polar surface area (TPSA) is 79.8 Å². The van der Waals surface area contributed by atoms with Crippen LogP contribution in [0.1, 0.15) is 34.4 Å². The first kappa shape index (κ1) is 15.6. The first-order valence-electron chi connectivity index (χ1n) is 8.36. The second-order valence-electron chi connectivity index (χ2n) is 6.36. The van der Waals surface area contributed by atoms with E-state index in [9.17, 15) is 4.79 Å². The molecule has 3 aromatic rings. The Balaban J connectivity index is 1.75. The van der Waals surface area contributed by atoms with Crippen molar-refractivity contribution in [1.29, 1.82) is 0 Å². The fourth-order valence-corrected chi connectivity index (χ4v) is 3.14. The molecule has 0 unspecified atom stereocenters. The van der Waals surface area contributed by atoms with E-state index in [0.717, 1.165) is 41.4 Å². The van der Waals surface area contributed by atoms with E-state index in [0.29, 0.717) is 18.7 Å². The molecule has 8 heteroatoms. The van der Waals surface area contributed by atoms with E-state index >= 15 is 0 Å². The molecule has 0 spiro atoms. The van der Waals surface area contributed by atoms with Crippen molar-refractivity contribution >= 4 is 17.4 Å². The van der Waals surface area contributed by atoms with Gasteiger partial charge in [-0.05, 0) is 6.42 Å². The van der Waals surface area contributed by atoms with E-state index in [1.807, 2.05) is 10.6 Å². The Morgan fingerprint density at radius 1 is 1.40 bits per heavy atom. The normalized spacial score (nSPS) is 14.0. The van der Waals surface area contributed by atoms with Gasteiger partial charge in [-0.15, -0.1) is 0 Å². The van der Waals surface area contributed by atoms with Crippen LogP contribution in [0.3, 0.4) is 0 Å². The molecule has 1 amide bonds. The fourth-order valence-electron chi connectivity index (χ4n) is 3.14. The Bertz CT molecular complexity index is 942. The minimum atomic E-state index is -0.139. The van der Waals surface area contributed by atoms with Gasteiger partial charge in [0, 0.05) is 50.5 Å². The Hall–Kier alpha value is -2.90. The molecule has 0 saturated carbocycles. The largest absolute Gasteiger partial charge is 0.360 e. The van der Waals surface area contributed by atoms with Crippen LogP contribution in [0, 0.1) is 0 Å². The van der Waals surface area contributed by atoms with Gasteiger partial charge in [-0.2, -0.15) is 9.61 Å². The smallest absolute Gasteiger partial charge is 0.275 e. The second-order valence-corrected chi connectivity index (χ2v) is 6.36. The summed E-state index contributed by atoms with van der Waals surface area (Å²) in [5.74, 6) is 1.63. The highest BCUT2D eigenvalue weighted by molar-refractivity contribution is 5.93. The Morgan fingerprint density at radius 2 is 2.24 bits per heavy atom. The van der Waals surface area contributed by atoms with Crippen molar-refractivity contribution < 1.29 is 9.32 Å². The average molecular weight is 340 g/mol. The molecule has 0 atom stereocenters. The van der Waals surface area contributed by atoms with Crippen LogP contribution in [0.25, 0.3) is 5.65 Å². The number of aromatic nitrogens is 4. The lowest BCUT2D eigenvalue weighted by atomic mass is 10.1. The third kappa shape index (κ3) is 2.54. The van der Waals surface area contributed by atoms with Gasteiger partial charge < -0.3 is 14.3 Å². The van der Waals surface area contributed by atoms with Crippen LogP contribution < -0.4 is 4.90 Å². The molecule has 0 bridgehead atoms. The lowest BCUT2D eigenvalue weighted by molar-refractivity contribution is 0.0816. The summed E-state index contributed by atoms with van der Waals surface area (Å²) in [6, 6.07) is 3.96. The Kier molecular flexibility index (Phi) is 3.67. The molecule has 0 fully saturated rings. The summed E-state index contributed by atoms with van der Waals surface area (Å²) in [6.45, 7) is 3.43. The molecule has 0 aliphatic carbocycles. The van der Waals surface area contributed by atoms with Crippen molar-refractivity contribution in [3.63, 3.8) is 0 Å². The van der Waals surface area contributed by atoms with Crippen molar-refractivity contribution in [2.75, 3.05) is 25.5 Å². The van der Waals surface area contributed by atoms with Gasteiger partial charge in [0.05, 0.1) is 12.7 Å². The zero-order valence-corrected chi connectivity index (χ0v) is 14.6. The highest BCUT2D eigenvalue weighted by Gasteiger charge is 2.29. The standard InChI is InChI=1S/C17H20N6O2/c1-4-11-9-15(23-14(19-11)5-7-18-23)22-8-6-13-12(10-22)16(20-25-13)17(24)21(2)3/h5,7,9H,4,6,8,10H2,1-3H3. The van der Waals surface area contributed by atoms with Crippen LogP contribution in [-0.2, 0) is 19.4 Å². The summed E-state index contributed by atoms with van der Waals surface area (Å²) < 4.78 is 7.24. The van der Waals surface area contributed by atoms with E-state index in [4.69, 9.17) is 4.52 Å². The van der Waals surface area contributed by atoms with Crippen molar-refractivity contribution in [2.24, 2.45) is 0 Å². The molecular weight excluding hydrogens is 320 g/mol. The van der Waals surface area contributed by atoms with Crippen LogP contribution in [0.2, 0.25) is 0 Å². The van der Waals surface area contributed by atoms with Crippen molar-refractivity contribution in [1.82, 2.24) is 24.7 Å². The summed E-state index contributed by atoms with van der Waals surface area (Å²) >= 11 is 0. The van der Waals surface area contributed by atoms with Gasteiger partial charge in [-0.1, -0.05) is 12.1 Å². The highest BCUT2D eigenvalue weighted by atomic mass is 16.5. The average Bonchev–Trinajstić information content (AvgIpc) is 3.25. The Labute approximate surface area is 145 Å². The molecular formula is C17H20N6O2. The summed E-state index contributed by atoms with van der Waals surface area (Å²) in [5, 5.41) is 8.40. The molecule has 0 N–H and O–H groups in total.